The molecule has 1 N–H and O–H groups in total. The predicted octanol–water partition coefficient (Wildman–Crippen LogP) is 5.49. The van der Waals surface area contributed by atoms with Crippen LogP contribution in [0.4, 0.5) is 5.69 Å². The van der Waals surface area contributed by atoms with Crippen LogP contribution in [0.5, 0.6) is 11.6 Å². The van der Waals surface area contributed by atoms with E-state index in [4.69, 9.17) is 16.3 Å². The molecule has 0 fully saturated rings. The highest BCUT2D eigenvalue weighted by molar-refractivity contribution is 6.33. The second-order valence-electron chi connectivity index (χ2n) is 6.73. The van der Waals surface area contributed by atoms with E-state index in [1.807, 2.05) is 54.9 Å². The van der Waals surface area contributed by atoms with Crippen LogP contribution in [-0.4, -0.2) is 20.4 Å². The molecule has 0 aliphatic heterocycles. The molecule has 2 aromatic carbocycles. The van der Waals surface area contributed by atoms with Crippen molar-refractivity contribution in [1.29, 1.82) is 0 Å². The Morgan fingerprint density at radius 3 is 2.50 bits per heavy atom. The lowest BCUT2D eigenvalue weighted by Crippen LogP contribution is -2.12. The molecule has 1 amide bonds. The third kappa shape index (κ3) is 4.18. The van der Waals surface area contributed by atoms with E-state index in [-0.39, 0.29) is 5.91 Å². The van der Waals surface area contributed by atoms with Crippen LogP contribution >= 0.6 is 11.6 Å². The van der Waals surface area contributed by atoms with Gasteiger partial charge >= 0.3 is 0 Å². The zero-order valence-electron chi connectivity index (χ0n) is 16.5. The summed E-state index contributed by atoms with van der Waals surface area (Å²) >= 11 is 6.36. The van der Waals surface area contributed by atoms with E-state index in [1.165, 1.54) is 6.20 Å². The van der Waals surface area contributed by atoms with Gasteiger partial charge in [0, 0.05) is 42.5 Å². The van der Waals surface area contributed by atoms with Gasteiger partial charge in [-0.2, -0.15) is 0 Å². The summed E-state index contributed by atoms with van der Waals surface area (Å²) in [6, 6.07) is 18.0. The monoisotopic (exact) mass is 418 g/mol. The van der Waals surface area contributed by atoms with Gasteiger partial charge in [0.15, 0.2) is 0 Å². The Hall–Kier alpha value is -3.64. The van der Waals surface area contributed by atoms with E-state index in [0.29, 0.717) is 27.9 Å². The molecule has 0 aliphatic carbocycles. The van der Waals surface area contributed by atoms with E-state index in [1.54, 1.807) is 30.5 Å². The molecule has 0 unspecified atom stereocenters. The quantitative estimate of drug-likeness (QED) is 0.465. The number of hydrogen-bond acceptors (Lipinski definition) is 4. The molecule has 150 valence electrons. The maximum Gasteiger partial charge on any atom is 0.257 e. The van der Waals surface area contributed by atoms with Crippen LogP contribution in [0, 0.1) is 6.92 Å². The summed E-state index contributed by atoms with van der Waals surface area (Å²) in [4.78, 5) is 21.3. The average Bonchev–Trinajstić information content (AvgIpc) is 3.09. The fourth-order valence-corrected chi connectivity index (χ4v) is 3.11. The summed E-state index contributed by atoms with van der Waals surface area (Å²) in [6.45, 7) is 1.97. The highest BCUT2D eigenvalue weighted by Gasteiger charge is 2.13. The first-order valence-corrected chi connectivity index (χ1v) is 9.67. The number of halogens is 1. The van der Waals surface area contributed by atoms with E-state index < -0.39 is 0 Å². The number of rotatable bonds is 5. The third-order valence-corrected chi connectivity index (χ3v) is 4.98. The molecule has 0 radical (unpaired) electrons. The summed E-state index contributed by atoms with van der Waals surface area (Å²) in [5.74, 6) is 1.55. The summed E-state index contributed by atoms with van der Waals surface area (Å²) in [7, 11) is 1.92. The van der Waals surface area contributed by atoms with Crippen LogP contribution in [0.15, 0.2) is 73.1 Å². The zero-order valence-corrected chi connectivity index (χ0v) is 17.2. The first-order valence-electron chi connectivity index (χ1n) is 9.30. The number of anilines is 1. The number of hydrogen-bond donors (Lipinski definition) is 1. The number of carbonyl (C=O) groups is 1. The highest BCUT2D eigenvalue weighted by Crippen LogP contribution is 2.30. The minimum atomic E-state index is -0.280. The molecule has 0 spiro atoms. The smallest absolute Gasteiger partial charge is 0.257 e. The fraction of sp³-hybridized carbons (Fsp3) is 0.0870. The number of ether oxygens (including phenoxy) is 1. The molecular weight excluding hydrogens is 400 g/mol. The van der Waals surface area contributed by atoms with Crippen molar-refractivity contribution in [3.63, 3.8) is 0 Å². The molecule has 2 heterocycles. The Morgan fingerprint density at radius 1 is 1.03 bits per heavy atom. The number of imidazole rings is 1. The summed E-state index contributed by atoms with van der Waals surface area (Å²) < 4.78 is 7.60. The second-order valence-corrected chi connectivity index (χ2v) is 7.14. The number of para-hydroxylation sites is 1. The normalized spacial score (nSPS) is 10.6. The number of aromatic nitrogens is 3. The van der Waals surface area contributed by atoms with Gasteiger partial charge in [0.05, 0.1) is 10.6 Å². The Labute approximate surface area is 179 Å². The molecule has 0 saturated carbocycles. The lowest BCUT2D eigenvalue weighted by atomic mass is 10.1. The van der Waals surface area contributed by atoms with Crippen molar-refractivity contribution in [2.24, 2.45) is 7.05 Å². The molecule has 6 nitrogen and oxygen atoms in total. The van der Waals surface area contributed by atoms with Crippen LogP contribution in [0.2, 0.25) is 5.02 Å². The van der Waals surface area contributed by atoms with Crippen LogP contribution in [0.3, 0.4) is 0 Å². The van der Waals surface area contributed by atoms with E-state index in [2.05, 4.69) is 15.3 Å². The van der Waals surface area contributed by atoms with Gasteiger partial charge in [0.2, 0.25) is 5.88 Å². The fourth-order valence-electron chi connectivity index (χ4n) is 2.91. The van der Waals surface area contributed by atoms with Crippen molar-refractivity contribution in [2.45, 2.75) is 6.92 Å². The van der Waals surface area contributed by atoms with Gasteiger partial charge in [-0.3, -0.25) is 4.79 Å². The number of nitrogens with zero attached hydrogens (tertiary/aromatic N) is 3. The summed E-state index contributed by atoms with van der Waals surface area (Å²) in [5.41, 5.74) is 2.79. The molecule has 0 aliphatic rings. The standard InChI is InChI=1S/C23H19ClN4O2/c1-15-13-26-22(28(15)2)19-12-17(9-10-20(19)24)27-23(29)16-8-11-21(25-14-16)30-18-6-4-3-5-7-18/h3-14H,1-2H3,(H,27,29). The van der Waals surface area contributed by atoms with Crippen molar-refractivity contribution in [1.82, 2.24) is 14.5 Å². The lowest BCUT2D eigenvalue weighted by molar-refractivity contribution is 0.102. The Morgan fingerprint density at radius 2 is 1.83 bits per heavy atom. The van der Waals surface area contributed by atoms with Gasteiger partial charge in [-0.05, 0) is 43.3 Å². The molecule has 7 heteroatoms. The topological polar surface area (TPSA) is 69.0 Å². The average molecular weight is 419 g/mol. The number of aryl methyl sites for hydroxylation is 1. The molecule has 0 saturated heterocycles. The van der Waals surface area contributed by atoms with Crippen molar-refractivity contribution in [3.05, 3.63) is 89.3 Å². The maximum atomic E-state index is 12.6. The van der Waals surface area contributed by atoms with Gasteiger partial charge in [0.25, 0.3) is 5.91 Å². The largest absolute Gasteiger partial charge is 0.439 e. The molecule has 0 bridgehead atoms. The van der Waals surface area contributed by atoms with Gasteiger partial charge < -0.3 is 14.6 Å². The molecule has 4 rings (SSSR count). The van der Waals surface area contributed by atoms with Crippen LogP contribution in [0.1, 0.15) is 16.1 Å². The van der Waals surface area contributed by atoms with E-state index in [0.717, 1.165) is 17.1 Å². The number of pyridine rings is 1. The van der Waals surface area contributed by atoms with Crippen molar-refractivity contribution in [3.8, 4) is 23.0 Å². The zero-order chi connectivity index (χ0) is 21.1. The summed E-state index contributed by atoms with van der Waals surface area (Å²) in [5, 5.41) is 3.44. The van der Waals surface area contributed by atoms with Crippen LogP contribution in [0.25, 0.3) is 11.4 Å². The Kier molecular flexibility index (Phi) is 5.50. The number of nitrogens with one attached hydrogen (secondary N) is 1. The van der Waals surface area contributed by atoms with Crippen LogP contribution in [-0.2, 0) is 7.05 Å². The molecular formula is C23H19ClN4O2. The maximum absolute atomic E-state index is 12.6. The van der Waals surface area contributed by atoms with Crippen molar-refractivity contribution >= 4 is 23.2 Å². The number of amides is 1. The molecule has 0 atom stereocenters. The Bertz CT molecular complexity index is 1190. The molecule has 2 aromatic heterocycles. The third-order valence-electron chi connectivity index (χ3n) is 4.65. The minimum Gasteiger partial charge on any atom is -0.439 e. The first-order chi connectivity index (χ1) is 14.5. The van der Waals surface area contributed by atoms with Gasteiger partial charge in [-0.25, -0.2) is 9.97 Å². The second kappa shape index (κ2) is 8.39. The van der Waals surface area contributed by atoms with Gasteiger partial charge in [-0.1, -0.05) is 29.8 Å². The predicted molar refractivity (Wildman–Crippen MR) is 117 cm³/mol. The first kappa shape index (κ1) is 19.7. The molecule has 4 aromatic rings. The lowest BCUT2D eigenvalue weighted by Gasteiger charge is -2.10. The number of benzene rings is 2. The number of carbonyl (C=O) groups excluding carboxylic acids is 1. The van der Waals surface area contributed by atoms with Crippen molar-refractivity contribution < 1.29 is 9.53 Å². The van der Waals surface area contributed by atoms with Crippen LogP contribution < -0.4 is 10.1 Å². The van der Waals surface area contributed by atoms with Crippen molar-refractivity contribution in [2.75, 3.05) is 5.32 Å². The van der Waals surface area contributed by atoms with E-state index in [9.17, 15) is 4.79 Å². The minimum absolute atomic E-state index is 0.280. The van der Waals surface area contributed by atoms with Gasteiger partial charge in [-0.15, -0.1) is 0 Å². The molecule has 30 heavy (non-hydrogen) atoms. The Balaban J connectivity index is 1.50. The van der Waals surface area contributed by atoms with Gasteiger partial charge in [0.1, 0.15) is 11.6 Å². The highest BCUT2D eigenvalue weighted by atomic mass is 35.5. The SMILES string of the molecule is Cc1cnc(-c2cc(NC(=O)c3ccc(Oc4ccccc4)nc3)ccc2Cl)n1C. The van der Waals surface area contributed by atoms with E-state index >= 15 is 0 Å². The summed E-state index contributed by atoms with van der Waals surface area (Å²) in [6.07, 6.45) is 3.26.